The smallest absolute Gasteiger partial charge is 0.274 e. The standard InChI is InChI=1S/C8H13ClN6O/c1-2-3(10)13-8(16)4-6(11)15-7(12)5(9)14-4/h3H,2,10H2,1H3,(H,13,16)(H4,11,12,15). The highest BCUT2D eigenvalue weighted by Crippen LogP contribution is 2.17. The van der Waals surface area contributed by atoms with Gasteiger partial charge in [-0.05, 0) is 6.42 Å². The lowest BCUT2D eigenvalue weighted by Gasteiger charge is -2.12. The van der Waals surface area contributed by atoms with Gasteiger partial charge in [-0.3, -0.25) is 4.79 Å². The molecule has 0 aliphatic carbocycles. The van der Waals surface area contributed by atoms with Gasteiger partial charge < -0.3 is 22.5 Å². The second-order valence-corrected chi connectivity index (χ2v) is 3.48. The van der Waals surface area contributed by atoms with Crippen molar-refractivity contribution in [3.05, 3.63) is 10.8 Å². The number of carbonyl (C=O) groups is 1. The molecule has 7 nitrogen and oxygen atoms in total. The Labute approximate surface area is 97.4 Å². The number of hydrogen-bond acceptors (Lipinski definition) is 6. The molecular weight excluding hydrogens is 232 g/mol. The predicted molar refractivity (Wildman–Crippen MR) is 61.6 cm³/mol. The zero-order chi connectivity index (χ0) is 12.3. The highest BCUT2D eigenvalue weighted by molar-refractivity contribution is 6.31. The normalized spacial score (nSPS) is 12.2. The van der Waals surface area contributed by atoms with Crippen LogP contribution in [0.1, 0.15) is 23.8 Å². The summed E-state index contributed by atoms with van der Waals surface area (Å²) in [5.74, 6) is -0.626. The lowest BCUT2D eigenvalue weighted by atomic mass is 10.3. The second-order valence-electron chi connectivity index (χ2n) is 3.12. The quantitative estimate of drug-likeness (QED) is 0.541. The van der Waals surface area contributed by atoms with E-state index < -0.39 is 12.1 Å². The molecule has 16 heavy (non-hydrogen) atoms. The van der Waals surface area contributed by atoms with E-state index in [0.717, 1.165) is 0 Å². The minimum absolute atomic E-state index is 0.0180. The van der Waals surface area contributed by atoms with Gasteiger partial charge in [0.2, 0.25) is 0 Å². The number of anilines is 2. The molecule has 88 valence electrons. The minimum Gasteiger partial charge on any atom is -0.382 e. The van der Waals surface area contributed by atoms with Gasteiger partial charge in [0.15, 0.2) is 22.5 Å². The number of halogens is 1. The average Bonchev–Trinajstić information content (AvgIpc) is 2.23. The SMILES string of the molecule is CCC(N)NC(=O)c1nc(Cl)c(N)nc1N. The fourth-order valence-corrected chi connectivity index (χ4v) is 1.07. The molecule has 0 saturated heterocycles. The van der Waals surface area contributed by atoms with Crippen LogP contribution in [0.5, 0.6) is 0 Å². The molecule has 1 heterocycles. The van der Waals surface area contributed by atoms with Crippen molar-refractivity contribution in [3.8, 4) is 0 Å². The predicted octanol–water partition coefficient (Wildman–Crippen LogP) is -0.281. The fraction of sp³-hybridized carbons (Fsp3) is 0.375. The van der Waals surface area contributed by atoms with Gasteiger partial charge in [-0.1, -0.05) is 18.5 Å². The Balaban J connectivity index is 2.96. The average molecular weight is 245 g/mol. The maximum Gasteiger partial charge on any atom is 0.274 e. The van der Waals surface area contributed by atoms with Crippen LogP contribution in [-0.4, -0.2) is 22.0 Å². The number of carbonyl (C=O) groups excluding carboxylic acids is 1. The van der Waals surface area contributed by atoms with E-state index in [9.17, 15) is 4.79 Å². The molecule has 0 saturated carbocycles. The molecule has 1 atom stereocenters. The third-order valence-electron chi connectivity index (χ3n) is 1.88. The topological polar surface area (TPSA) is 133 Å². The van der Waals surface area contributed by atoms with Gasteiger partial charge >= 0.3 is 0 Å². The molecule has 0 aliphatic heterocycles. The molecular formula is C8H13ClN6O. The summed E-state index contributed by atoms with van der Waals surface area (Å²) in [7, 11) is 0. The van der Waals surface area contributed by atoms with E-state index in [1.165, 1.54) is 0 Å². The second kappa shape index (κ2) is 4.95. The molecule has 0 aliphatic rings. The van der Waals surface area contributed by atoms with Gasteiger partial charge in [-0.15, -0.1) is 0 Å². The number of nitrogen functional groups attached to an aromatic ring is 2. The van der Waals surface area contributed by atoms with Crippen LogP contribution in [0.15, 0.2) is 0 Å². The maximum absolute atomic E-state index is 11.6. The van der Waals surface area contributed by atoms with Crippen molar-refractivity contribution < 1.29 is 4.79 Å². The first-order valence-electron chi connectivity index (χ1n) is 4.60. The number of amides is 1. The van der Waals surface area contributed by atoms with Crippen molar-refractivity contribution in [2.45, 2.75) is 19.5 Å². The van der Waals surface area contributed by atoms with Crippen LogP contribution in [0, 0.1) is 0 Å². The number of aromatic nitrogens is 2. The monoisotopic (exact) mass is 244 g/mol. The third kappa shape index (κ3) is 2.71. The van der Waals surface area contributed by atoms with Crippen LogP contribution in [0.4, 0.5) is 11.6 Å². The van der Waals surface area contributed by atoms with Gasteiger partial charge in [0.1, 0.15) is 0 Å². The summed E-state index contributed by atoms with van der Waals surface area (Å²) in [6.07, 6.45) is 0.118. The number of nitrogens with zero attached hydrogens (tertiary/aromatic N) is 2. The zero-order valence-corrected chi connectivity index (χ0v) is 9.45. The molecule has 1 amide bonds. The Bertz CT molecular complexity index is 410. The van der Waals surface area contributed by atoms with Gasteiger partial charge in [-0.2, -0.15) is 0 Å². The van der Waals surface area contributed by atoms with E-state index in [1.54, 1.807) is 0 Å². The van der Waals surface area contributed by atoms with E-state index in [1.807, 2.05) is 6.92 Å². The van der Waals surface area contributed by atoms with Crippen LogP contribution in [-0.2, 0) is 0 Å². The molecule has 0 fully saturated rings. The first-order chi connectivity index (χ1) is 7.45. The van der Waals surface area contributed by atoms with Gasteiger partial charge in [-0.25, -0.2) is 9.97 Å². The number of nitrogens with one attached hydrogen (secondary N) is 1. The van der Waals surface area contributed by atoms with Crippen molar-refractivity contribution in [2.75, 3.05) is 11.5 Å². The minimum atomic E-state index is -0.527. The van der Waals surface area contributed by atoms with E-state index in [2.05, 4.69) is 15.3 Å². The van der Waals surface area contributed by atoms with Gasteiger partial charge in [0.05, 0.1) is 6.17 Å². The zero-order valence-electron chi connectivity index (χ0n) is 8.70. The Kier molecular flexibility index (Phi) is 3.86. The molecule has 0 spiro atoms. The molecule has 0 bridgehead atoms. The lowest BCUT2D eigenvalue weighted by molar-refractivity contribution is 0.0933. The Morgan fingerprint density at radius 2 is 2.06 bits per heavy atom. The Morgan fingerprint density at radius 3 is 2.62 bits per heavy atom. The third-order valence-corrected chi connectivity index (χ3v) is 2.15. The molecule has 1 unspecified atom stereocenters. The van der Waals surface area contributed by atoms with E-state index >= 15 is 0 Å². The van der Waals surface area contributed by atoms with E-state index in [0.29, 0.717) is 6.42 Å². The Morgan fingerprint density at radius 1 is 1.44 bits per heavy atom. The van der Waals surface area contributed by atoms with Crippen LogP contribution in [0.3, 0.4) is 0 Å². The van der Waals surface area contributed by atoms with Gasteiger partial charge in [0, 0.05) is 0 Å². The molecule has 0 aromatic carbocycles. The molecule has 8 heteroatoms. The molecule has 0 radical (unpaired) electrons. The number of nitrogens with two attached hydrogens (primary N) is 3. The number of hydrogen-bond donors (Lipinski definition) is 4. The highest BCUT2D eigenvalue weighted by atomic mass is 35.5. The summed E-state index contributed by atoms with van der Waals surface area (Å²) in [5, 5.41) is 2.42. The summed E-state index contributed by atoms with van der Waals surface area (Å²) < 4.78 is 0. The van der Waals surface area contributed by atoms with Crippen molar-refractivity contribution in [1.82, 2.24) is 15.3 Å². The van der Waals surface area contributed by atoms with E-state index in [4.69, 9.17) is 28.8 Å². The Hall–Kier alpha value is -1.60. The first-order valence-corrected chi connectivity index (χ1v) is 4.98. The maximum atomic E-state index is 11.6. The summed E-state index contributed by atoms with van der Waals surface area (Å²) in [4.78, 5) is 19.1. The highest BCUT2D eigenvalue weighted by Gasteiger charge is 2.16. The molecule has 7 N–H and O–H groups in total. The van der Waals surface area contributed by atoms with Crippen molar-refractivity contribution in [2.24, 2.45) is 5.73 Å². The van der Waals surface area contributed by atoms with E-state index in [-0.39, 0.29) is 22.5 Å². The molecule has 1 rings (SSSR count). The van der Waals surface area contributed by atoms with Crippen LogP contribution in [0.2, 0.25) is 5.15 Å². The lowest BCUT2D eigenvalue weighted by Crippen LogP contribution is -2.41. The van der Waals surface area contributed by atoms with Crippen molar-refractivity contribution in [3.63, 3.8) is 0 Å². The molecule has 1 aromatic rings. The van der Waals surface area contributed by atoms with Crippen molar-refractivity contribution in [1.29, 1.82) is 0 Å². The fourth-order valence-electron chi connectivity index (χ4n) is 0.947. The summed E-state index contributed by atoms with van der Waals surface area (Å²) >= 11 is 5.63. The summed E-state index contributed by atoms with van der Waals surface area (Å²) in [6.45, 7) is 1.83. The largest absolute Gasteiger partial charge is 0.382 e. The summed E-state index contributed by atoms with van der Waals surface area (Å²) in [6, 6.07) is 0. The van der Waals surface area contributed by atoms with Crippen LogP contribution < -0.4 is 22.5 Å². The number of rotatable bonds is 3. The molecule has 1 aromatic heterocycles. The van der Waals surface area contributed by atoms with Gasteiger partial charge in [0.25, 0.3) is 5.91 Å². The van der Waals surface area contributed by atoms with Crippen LogP contribution >= 0.6 is 11.6 Å². The summed E-state index contributed by atoms with van der Waals surface area (Å²) in [5.41, 5.74) is 16.3. The van der Waals surface area contributed by atoms with Crippen molar-refractivity contribution >= 4 is 29.1 Å². The van der Waals surface area contributed by atoms with Crippen LogP contribution in [0.25, 0.3) is 0 Å². The first kappa shape index (κ1) is 12.5.